The Hall–Kier alpha value is -1.25. The fourth-order valence-electron chi connectivity index (χ4n) is 5.89. The molecule has 268 valence electrons. The molecule has 12 N–H and O–H groups in total. The maximum atomic E-state index is 12.2. The molecule has 20 heteroatoms. The third-order valence-electron chi connectivity index (χ3n) is 8.45. The summed E-state index contributed by atoms with van der Waals surface area (Å²) in [7, 11) is 0. The summed E-state index contributed by atoms with van der Waals surface area (Å²) in [4.78, 5) is 12.2. The van der Waals surface area contributed by atoms with E-state index in [4.69, 9.17) is 33.2 Å². The Morgan fingerprint density at radius 3 is 1.74 bits per heavy atom. The predicted molar refractivity (Wildman–Crippen MR) is 143 cm³/mol. The van der Waals surface area contributed by atoms with Crippen molar-refractivity contribution in [3.8, 4) is 0 Å². The zero-order chi connectivity index (χ0) is 34.0. The summed E-state index contributed by atoms with van der Waals surface area (Å²) in [5, 5.41) is 115. The first kappa shape index (κ1) is 37.6. The van der Waals surface area contributed by atoms with Crippen LogP contribution in [-0.2, 0) is 38.0 Å². The van der Waals surface area contributed by atoms with Gasteiger partial charge in [-0.25, -0.2) is 0 Å². The summed E-state index contributed by atoms with van der Waals surface area (Å²) < 4.78 is 39.7. The molecule has 20 nitrogen and oxygen atoms in total. The quantitative estimate of drug-likeness (QED) is 0.102. The molecule has 4 saturated heterocycles. The Morgan fingerprint density at radius 2 is 1.15 bits per heavy atom. The molecule has 0 radical (unpaired) electrons. The van der Waals surface area contributed by atoms with E-state index >= 15 is 0 Å². The number of amides is 1. The van der Waals surface area contributed by atoms with Crippen LogP contribution in [0.5, 0.6) is 0 Å². The van der Waals surface area contributed by atoms with E-state index in [1.807, 2.05) is 0 Å². The summed E-state index contributed by atoms with van der Waals surface area (Å²) in [6.45, 7) is 0.180. The smallest absolute Gasteiger partial charge is 0.217 e. The monoisotopic (exact) mass is 675 g/mol. The van der Waals surface area contributed by atoms with Gasteiger partial charge in [0.05, 0.1) is 32.0 Å². The highest BCUT2D eigenvalue weighted by Gasteiger charge is 2.54. The van der Waals surface area contributed by atoms with Gasteiger partial charge in [0.1, 0.15) is 79.3 Å². The van der Waals surface area contributed by atoms with E-state index in [1.54, 1.807) is 0 Å². The average molecular weight is 676 g/mol. The summed E-state index contributed by atoms with van der Waals surface area (Å²) in [6, 6.07) is -1.49. The van der Waals surface area contributed by atoms with E-state index < -0.39 is 142 Å². The molecule has 19 atom stereocenters. The van der Waals surface area contributed by atoms with E-state index in [1.165, 1.54) is 6.92 Å². The number of carbonyl (C=O) groups is 1. The van der Waals surface area contributed by atoms with Gasteiger partial charge >= 0.3 is 0 Å². The van der Waals surface area contributed by atoms with E-state index in [2.05, 4.69) is 5.32 Å². The van der Waals surface area contributed by atoms with Gasteiger partial charge in [-0.3, -0.25) is 4.79 Å². The molecule has 0 bridgehead atoms. The number of rotatable bonds is 10. The highest BCUT2D eigenvalue weighted by Crippen LogP contribution is 2.34. The highest BCUT2D eigenvalue weighted by atomic mass is 16.8. The molecule has 0 unspecified atom stereocenters. The zero-order valence-electron chi connectivity index (χ0n) is 25.0. The first-order valence-electron chi connectivity index (χ1n) is 14.8. The molecule has 0 spiro atoms. The van der Waals surface area contributed by atoms with Gasteiger partial charge in [0.15, 0.2) is 25.2 Å². The van der Waals surface area contributed by atoms with Crippen LogP contribution in [0, 0.1) is 0 Å². The lowest BCUT2D eigenvalue weighted by molar-refractivity contribution is -0.370. The van der Waals surface area contributed by atoms with Crippen molar-refractivity contribution < 1.29 is 94.1 Å². The van der Waals surface area contributed by atoms with Crippen molar-refractivity contribution in [3.05, 3.63) is 0 Å². The number of nitrogens with one attached hydrogen (secondary N) is 1. The van der Waals surface area contributed by atoms with Gasteiger partial charge < -0.3 is 94.6 Å². The van der Waals surface area contributed by atoms with Crippen molar-refractivity contribution in [3.63, 3.8) is 0 Å². The molecule has 4 aliphatic heterocycles. The molecular weight excluding hydrogens is 630 g/mol. The van der Waals surface area contributed by atoms with Crippen LogP contribution in [0.2, 0.25) is 0 Å². The molecule has 4 fully saturated rings. The topological polar surface area (TPSA) is 316 Å². The first-order valence-corrected chi connectivity index (χ1v) is 14.8. The van der Waals surface area contributed by atoms with Crippen molar-refractivity contribution in [1.29, 1.82) is 0 Å². The van der Waals surface area contributed by atoms with Crippen molar-refractivity contribution in [2.45, 2.75) is 137 Å². The fourth-order valence-corrected chi connectivity index (χ4v) is 5.89. The van der Waals surface area contributed by atoms with Crippen molar-refractivity contribution in [2.75, 3.05) is 19.8 Å². The summed E-state index contributed by atoms with van der Waals surface area (Å²) in [5.41, 5.74) is 0. The Morgan fingerprint density at radius 1 is 0.630 bits per heavy atom. The van der Waals surface area contributed by atoms with E-state index in [9.17, 15) is 61.0 Å². The summed E-state index contributed by atoms with van der Waals surface area (Å²) in [5.74, 6) is -0.683. The Balaban J connectivity index is 1.57. The van der Waals surface area contributed by atoms with E-state index in [-0.39, 0.29) is 6.42 Å². The maximum Gasteiger partial charge on any atom is 0.217 e. The Bertz CT molecular complexity index is 979. The number of ether oxygens (including phenoxy) is 7. The lowest BCUT2D eigenvalue weighted by Gasteiger charge is -2.49. The third kappa shape index (κ3) is 7.96. The molecule has 0 aliphatic carbocycles. The van der Waals surface area contributed by atoms with Gasteiger partial charge in [-0.2, -0.15) is 0 Å². The Kier molecular flexibility index (Phi) is 13.0. The van der Waals surface area contributed by atoms with Gasteiger partial charge in [-0.15, -0.1) is 0 Å². The number of hydrogen-bond donors (Lipinski definition) is 12. The van der Waals surface area contributed by atoms with Gasteiger partial charge in [-0.1, -0.05) is 0 Å². The molecule has 0 saturated carbocycles. The van der Waals surface area contributed by atoms with Crippen LogP contribution in [0.1, 0.15) is 20.3 Å². The lowest BCUT2D eigenvalue weighted by atomic mass is 9.94. The number of hydrogen-bond acceptors (Lipinski definition) is 19. The van der Waals surface area contributed by atoms with Gasteiger partial charge in [-0.05, 0) is 6.92 Å². The molecule has 0 aromatic rings. The molecular formula is C26H45NO19. The largest absolute Gasteiger partial charge is 0.394 e. The molecule has 4 rings (SSSR count). The van der Waals surface area contributed by atoms with Crippen LogP contribution >= 0.6 is 0 Å². The van der Waals surface area contributed by atoms with Crippen LogP contribution in [0.15, 0.2) is 0 Å². The summed E-state index contributed by atoms with van der Waals surface area (Å²) >= 11 is 0. The van der Waals surface area contributed by atoms with Crippen LogP contribution in [-0.4, -0.2) is 199 Å². The molecule has 0 aromatic carbocycles. The molecule has 0 aromatic heterocycles. The molecule has 4 aliphatic rings. The van der Waals surface area contributed by atoms with Crippen LogP contribution < -0.4 is 5.32 Å². The molecule has 46 heavy (non-hydrogen) atoms. The third-order valence-corrected chi connectivity index (χ3v) is 8.45. The van der Waals surface area contributed by atoms with Gasteiger partial charge in [0.2, 0.25) is 5.91 Å². The van der Waals surface area contributed by atoms with Crippen molar-refractivity contribution in [1.82, 2.24) is 5.32 Å². The minimum atomic E-state index is -1.87. The van der Waals surface area contributed by atoms with Crippen LogP contribution in [0.4, 0.5) is 0 Å². The second kappa shape index (κ2) is 16.0. The van der Waals surface area contributed by atoms with E-state index in [0.717, 1.165) is 6.92 Å². The van der Waals surface area contributed by atoms with Crippen LogP contribution in [0.25, 0.3) is 0 Å². The van der Waals surface area contributed by atoms with E-state index in [0.29, 0.717) is 0 Å². The Labute approximate surface area is 262 Å². The lowest BCUT2D eigenvalue weighted by Crippen LogP contribution is -2.69. The SMILES string of the molecule is CC(=O)N[C@H]1[C@H](O[C@H]2[C@H](O[C@@H]3O[C@@H](C)[C@@H](O)[C@@H](O)[C@@H]3O)C[C@H](O)O[C@@H]2CO)O[C@H](CO)[C@@H](O[C@@H]2O[C@H](CO)[C@@H](O)[C@H](O)[C@@H]2O)[C@@H]1O. The fraction of sp³-hybridized carbons (Fsp3) is 0.962. The van der Waals surface area contributed by atoms with Gasteiger partial charge in [0, 0.05) is 13.3 Å². The maximum absolute atomic E-state index is 12.2. The normalized spacial score (nSPS) is 50.2. The first-order chi connectivity index (χ1) is 21.7. The van der Waals surface area contributed by atoms with Crippen molar-refractivity contribution >= 4 is 5.91 Å². The van der Waals surface area contributed by atoms with Gasteiger partial charge in [0.25, 0.3) is 0 Å². The van der Waals surface area contributed by atoms with Crippen molar-refractivity contribution in [2.24, 2.45) is 0 Å². The number of aliphatic hydroxyl groups excluding tert-OH is 11. The second-order valence-electron chi connectivity index (χ2n) is 11.7. The van der Waals surface area contributed by atoms with Crippen LogP contribution in [0.3, 0.4) is 0 Å². The molecule has 4 heterocycles. The number of aliphatic hydroxyl groups is 11. The average Bonchev–Trinajstić information content (AvgIpc) is 3.02. The summed E-state index contributed by atoms with van der Waals surface area (Å²) in [6.07, 6.45) is -28.1. The zero-order valence-corrected chi connectivity index (χ0v) is 25.0. The number of carbonyl (C=O) groups excluding carboxylic acids is 1. The second-order valence-corrected chi connectivity index (χ2v) is 11.7. The standard InChI is InChI=1S/C26H45NO19/c1-7-15(33)18(36)20(38)25(40-7)42-9-3-13(32)41-11(5-29)22(9)45-24-14(27-8(2)31)17(35)23(12(6-30)44-24)46-26-21(39)19(37)16(34)10(4-28)43-26/h7,9-26,28-30,32-39H,3-6H2,1-2H3,(H,27,31)/t7-,9+,10+,11+,12+,13+,14+,15+,16+,17+,18+,19-,20-,21-,22-,23+,24-,25-,26-/m0/s1. The minimum absolute atomic E-state index is 0.326. The predicted octanol–water partition coefficient (Wildman–Crippen LogP) is -7.55. The minimum Gasteiger partial charge on any atom is -0.394 e. The molecule has 1 amide bonds. The highest BCUT2D eigenvalue weighted by molar-refractivity contribution is 5.73.